The molecule has 1 aliphatic rings. The fourth-order valence-electron chi connectivity index (χ4n) is 3.09. The van der Waals surface area contributed by atoms with Crippen LogP contribution in [0.1, 0.15) is 31.4 Å². The second-order valence-electron chi connectivity index (χ2n) is 5.71. The van der Waals surface area contributed by atoms with Crippen LogP contribution in [0.2, 0.25) is 5.02 Å². The standard InChI is InChI=1S/C16H21ClN2O/c17-16-12-6-2-3-7-13(12)19-14(16)10-18-9-11-5-1-4-8-15(11)20/h2-3,6-7,11,15,18-20H,1,4-5,8-10H2. The molecule has 1 fully saturated rings. The molecule has 108 valence electrons. The molecular formula is C16H21ClN2O. The van der Waals surface area contributed by atoms with Crippen molar-refractivity contribution < 1.29 is 5.11 Å². The largest absolute Gasteiger partial charge is 0.393 e. The van der Waals surface area contributed by atoms with Crippen molar-refractivity contribution in [3.63, 3.8) is 0 Å². The third-order valence-electron chi connectivity index (χ3n) is 4.29. The van der Waals surface area contributed by atoms with E-state index in [1.165, 1.54) is 6.42 Å². The highest BCUT2D eigenvalue weighted by molar-refractivity contribution is 6.36. The molecule has 1 aliphatic carbocycles. The number of nitrogens with one attached hydrogen (secondary N) is 2. The molecule has 3 rings (SSSR count). The van der Waals surface area contributed by atoms with Gasteiger partial charge in [-0.25, -0.2) is 0 Å². The quantitative estimate of drug-likeness (QED) is 0.808. The molecule has 0 bridgehead atoms. The lowest BCUT2D eigenvalue weighted by atomic mass is 9.86. The number of benzene rings is 1. The number of hydrogen-bond donors (Lipinski definition) is 3. The zero-order valence-electron chi connectivity index (χ0n) is 11.5. The van der Waals surface area contributed by atoms with Crippen LogP contribution in [0.4, 0.5) is 0 Å². The van der Waals surface area contributed by atoms with Crippen LogP contribution in [0.3, 0.4) is 0 Å². The van der Waals surface area contributed by atoms with Crippen LogP contribution in [-0.4, -0.2) is 22.7 Å². The molecule has 4 heteroatoms. The lowest BCUT2D eigenvalue weighted by Crippen LogP contribution is -2.33. The molecule has 3 nitrogen and oxygen atoms in total. The second-order valence-corrected chi connectivity index (χ2v) is 6.08. The minimum absolute atomic E-state index is 0.144. The summed E-state index contributed by atoms with van der Waals surface area (Å²) >= 11 is 6.39. The Morgan fingerprint density at radius 1 is 1.25 bits per heavy atom. The number of aliphatic hydroxyl groups is 1. The van der Waals surface area contributed by atoms with Crippen molar-refractivity contribution in [1.82, 2.24) is 10.3 Å². The molecule has 3 N–H and O–H groups in total. The van der Waals surface area contributed by atoms with Gasteiger partial charge in [0.25, 0.3) is 0 Å². The average Bonchev–Trinajstić information content (AvgIpc) is 2.78. The summed E-state index contributed by atoms with van der Waals surface area (Å²) in [6.07, 6.45) is 4.31. The Morgan fingerprint density at radius 3 is 2.85 bits per heavy atom. The first kappa shape index (κ1) is 13.9. The number of aliphatic hydroxyl groups excluding tert-OH is 1. The minimum atomic E-state index is -0.144. The summed E-state index contributed by atoms with van der Waals surface area (Å²) in [5.74, 6) is 0.381. The van der Waals surface area contributed by atoms with Crippen LogP contribution in [0.5, 0.6) is 0 Å². The number of para-hydroxylation sites is 1. The molecule has 0 saturated heterocycles. The van der Waals surface area contributed by atoms with Crippen molar-refractivity contribution in [1.29, 1.82) is 0 Å². The van der Waals surface area contributed by atoms with Crippen molar-refractivity contribution in [3.05, 3.63) is 35.0 Å². The summed E-state index contributed by atoms with van der Waals surface area (Å²) in [7, 11) is 0. The molecule has 1 heterocycles. The highest BCUT2D eigenvalue weighted by Crippen LogP contribution is 2.27. The topological polar surface area (TPSA) is 48.0 Å². The summed E-state index contributed by atoms with van der Waals surface area (Å²) < 4.78 is 0. The van der Waals surface area contributed by atoms with Gasteiger partial charge < -0.3 is 15.4 Å². The first-order valence-corrected chi connectivity index (χ1v) is 7.77. The van der Waals surface area contributed by atoms with Crippen molar-refractivity contribution in [2.24, 2.45) is 5.92 Å². The van der Waals surface area contributed by atoms with E-state index in [9.17, 15) is 5.11 Å². The zero-order valence-corrected chi connectivity index (χ0v) is 12.3. The maximum atomic E-state index is 9.96. The normalized spacial score (nSPS) is 23.3. The number of aromatic amines is 1. The van der Waals surface area contributed by atoms with Gasteiger partial charge in [0.05, 0.1) is 11.1 Å². The van der Waals surface area contributed by atoms with Gasteiger partial charge in [0, 0.05) is 29.7 Å². The monoisotopic (exact) mass is 292 g/mol. The predicted molar refractivity (Wildman–Crippen MR) is 83.0 cm³/mol. The van der Waals surface area contributed by atoms with Crippen LogP contribution >= 0.6 is 11.6 Å². The van der Waals surface area contributed by atoms with Gasteiger partial charge in [-0.05, 0) is 24.8 Å². The van der Waals surface area contributed by atoms with Crippen LogP contribution < -0.4 is 5.32 Å². The number of rotatable bonds is 4. The minimum Gasteiger partial charge on any atom is -0.393 e. The van der Waals surface area contributed by atoms with E-state index in [2.05, 4.69) is 10.3 Å². The van der Waals surface area contributed by atoms with E-state index in [1.807, 2.05) is 24.3 Å². The summed E-state index contributed by atoms with van der Waals surface area (Å²) in [5.41, 5.74) is 2.10. The van der Waals surface area contributed by atoms with E-state index in [4.69, 9.17) is 11.6 Å². The number of halogens is 1. The van der Waals surface area contributed by atoms with E-state index >= 15 is 0 Å². The highest BCUT2D eigenvalue weighted by atomic mass is 35.5. The number of H-pyrrole nitrogens is 1. The molecule has 0 spiro atoms. The van der Waals surface area contributed by atoms with Crippen LogP contribution in [0.25, 0.3) is 10.9 Å². The van der Waals surface area contributed by atoms with Gasteiger partial charge in [-0.15, -0.1) is 0 Å². The Balaban J connectivity index is 1.61. The first-order valence-electron chi connectivity index (χ1n) is 7.39. The van der Waals surface area contributed by atoms with E-state index in [0.717, 1.165) is 54.0 Å². The van der Waals surface area contributed by atoms with Gasteiger partial charge >= 0.3 is 0 Å². The van der Waals surface area contributed by atoms with Gasteiger partial charge in [0.2, 0.25) is 0 Å². The highest BCUT2D eigenvalue weighted by Gasteiger charge is 2.22. The number of fused-ring (bicyclic) bond motifs is 1. The first-order chi connectivity index (χ1) is 9.75. The maximum Gasteiger partial charge on any atom is 0.0705 e. The molecule has 0 aliphatic heterocycles. The van der Waals surface area contributed by atoms with Crippen LogP contribution in [0.15, 0.2) is 24.3 Å². The van der Waals surface area contributed by atoms with Gasteiger partial charge in [0.1, 0.15) is 0 Å². The number of aromatic nitrogens is 1. The molecule has 1 saturated carbocycles. The van der Waals surface area contributed by atoms with Crippen LogP contribution in [0, 0.1) is 5.92 Å². The van der Waals surface area contributed by atoms with Gasteiger partial charge in [-0.1, -0.05) is 42.6 Å². The third-order valence-corrected chi connectivity index (χ3v) is 4.72. The lowest BCUT2D eigenvalue weighted by molar-refractivity contribution is 0.0694. The van der Waals surface area contributed by atoms with E-state index in [-0.39, 0.29) is 6.10 Å². The fourth-order valence-corrected chi connectivity index (χ4v) is 3.37. The SMILES string of the molecule is OC1CCCCC1CNCc1[nH]c2ccccc2c1Cl. The van der Waals surface area contributed by atoms with E-state index in [0.29, 0.717) is 5.92 Å². The van der Waals surface area contributed by atoms with E-state index < -0.39 is 0 Å². The Kier molecular flexibility index (Phi) is 4.29. The Bertz CT molecular complexity index is 581. The maximum absolute atomic E-state index is 9.96. The lowest BCUT2D eigenvalue weighted by Gasteiger charge is -2.27. The number of hydrogen-bond acceptors (Lipinski definition) is 2. The van der Waals surface area contributed by atoms with Crippen molar-refractivity contribution >= 4 is 22.5 Å². The summed E-state index contributed by atoms with van der Waals surface area (Å²) in [5, 5.41) is 15.3. The smallest absolute Gasteiger partial charge is 0.0705 e. The third kappa shape index (κ3) is 2.85. The fraction of sp³-hybridized carbons (Fsp3) is 0.500. The van der Waals surface area contributed by atoms with Crippen molar-refractivity contribution in [2.75, 3.05) is 6.54 Å². The predicted octanol–water partition coefficient (Wildman–Crippen LogP) is 3.46. The Labute approximate surface area is 124 Å². The molecule has 1 aromatic carbocycles. The molecule has 0 radical (unpaired) electrons. The average molecular weight is 293 g/mol. The zero-order chi connectivity index (χ0) is 13.9. The molecule has 1 aromatic heterocycles. The van der Waals surface area contributed by atoms with Gasteiger partial charge in [-0.2, -0.15) is 0 Å². The van der Waals surface area contributed by atoms with Crippen molar-refractivity contribution in [3.8, 4) is 0 Å². The van der Waals surface area contributed by atoms with Crippen molar-refractivity contribution in [2.45, 2.75) is 38.3 Å². The molecular weight excluding hydrogens is 272 g/mol. The summed E-state index contributed by atoms with van der Waals surface area (Å²) in [4.78, 5) is 3.36. The van der Waals surface area contributed by atoms with Gasteiger partial charge in [-0.3, -0.25) is 0 Å². The molecule has 2 unspecified atom stereocenters. The Morgan fingerprint density at radius 2 is 2.05 bits per heavy atom. The van der Waals surface area contributed by atoms with Crippen LogP contribution in [-0.2, 0) is 6.54 Å². The Hall–Kier alpha value is -1.03. The second kappa shape index (κ2) is 6.17. The molecule has 20 heavy (non-hydrogen) atoms. The van der Waals surface area contributed by atoms with Gasteiger partial charge in [0.15, 0.2) is 0 Å². The summed E-state index contributed by atoms with van der Waals surface area (Å²) in [6, 6.07) is 8.07. The molecule has 2 aromatic rings. The summed E-state index contributed by atoms with van der Waals surface area (Å²) in [6.45, 7) is 1.57. The molecule has 0 amide bonds. The van der Waals surface area contributed by atoms with E-state index in [1.54, 1.807) is 0 Å². The molecule has 2 atom stereocenters.